The summed E-state index contributed by atoms with van der Waals surface area (Å²) >= 11 is 1.62. The van der Waals surface area contributed by atoms with Crippen LogP contribution in [0.4, 0.5) is 5.13 Å². The van der Waals surface area contributed by atoms with Crippen LogP contribution in [0.15, 0.2) is 43.1 Å². The number of amides is 2. The zero-order chi connectivity index (χ0) is 20.4. The van der Waals surface area contributed by atoms with E-state index < -0.39 is 0 Å². The second-order valence-electron chi connectivity index (χ2n) is 7.46. The molecule has 29 heavy (non-hydrogen) atoms. The molecule has 1 aliphatic carbocycles. The van der Waals surface area contributed by atoms with Crippen molar-refractivity contribution in [2.75, 3.05) is 11.4 Å². The summed E-state index contributed by atoms with van der Waals surface area (Å²) in [5.41, 5.74) is 3.17. The quantitative estimate of drug-likeness (QED) is 0.686. The first-order valence-electron chi connectivity index (χ1n) is 10.0. The predicted octanol–water partition coefficient (Wildman–Crippen LogP) is 4.51. The monoisotopic (exact) mass is 407 g/mol. The van der Waals surface area contributed by atoms with Gasteiger partial charge in [-0.05, 0) is 42.9 Å². The lowest BCUT2D eigenvalue weighted by Gasteiger charge is -2.33. The van der Waals surface area contributed by atoms with Gasteiger partial charge in [0.05, 0.1) is 18.2 Å². The van der Waals surface area contributed by atoms with Gasteiger partial charge in [0.15, 0.2) is 5.13 Å². The molecule has 0 saturated carbocycles. The molecule has 0 fully saturated rings. The minimum atomic E-state index is -0.317. The van der Waals surface area contributed by atoms with Gasteiger partial charge in [0.1, 0.15) is 0 Å². The molecule has 2 aliphatic rings. The maximum absolute atomic E-state index is 13.4. The van der Waals surface area contributed by atoms with Gasteiger partial charge in [-0.2, -0.15) is 0 Å². The van der Waals surface area contributed by atoms with Gasteiger partial charge in [-0.15, -0.1) is 17.9 Å². The van der Waals surface area contributed by atoms with Crippen molar-refractivity contribution in [2.24, 2.45) is 0 Å². The van der Waals surface area contributed by atoms with Crippen LogP contribution in [0.2, 0.25) is 0 Å². The number of rotatable bonds is 5. The zero-order valence-corrected chi connectivity index (χ0v) is 17.5. The van der Waals surface area contributed by atoms with E-state index in [1.807, 2.05) is 30.3 Å². The van der Waals surface area contributed by atoms with E-state index in [2.05, 4.69) is 6.58 Å². The molecule has 2 amide bonds. The normalized spacial score (nSPS) is 17.4. The Labute approximate surface area is 175 Å². The lowest BCUT2D eigenvalue weighted by Crippen LogP contribution is -2.37. The Hall–Kier alpha value is -2.73. The number of aromatic nitrogens is 1. The van der Waals surface area contributed by atoms with Crippen LogP contribution in [-0.4, -0.2) is 28.2 Å². The SMILES string of the molecule is C=CCN(C(=O)C[C@H]1c2ccccc2C=CN1C(C)=O)c1nc2c(s1)CCCC2. The number of carbonyl (C=O) groups excluding carboxylic acids is 2. The third-order valence-corrected chi connectivity index (χ3v) is 6.70. The number of fused-ring (bicyclic) bond motifs is 2. The van der Waals surface area contributed by atoms with Gasteiger partial charge in [-0.3, -0.25) is 14.5 Å². The van der Waals surface area contributed by atoms with Crippen LogP contribution in [0, 0.1) is 0 Å². The van der Waals surface area contributed by atoms with Crippen molar-refractivity contribution >= 4 is 34.4 Å². The lowest BCUT2D eigenvalue weighted by molar-refractivity contribution is -0.129. The molecule has 0 spiro atoms. The van der Waals surface area contributed by atoms with Crippen LogP contribution in [0.5, 0.6) is 0 Å². The molecule has 2 heterocycles. The molecule has 4 rings (SSSR count). The lowest BCUT2D eigenvalue weighted by atomic mass is 9.93. The molecule has 6 heteroatoms. The van der Waals surface area contributed by atoms with Crippen molar-refractivity contribution in [1.29, 1.82) is 0 Å². The average Bonchev–Trinajstić information content (AvgIpc) is 3.15. The Morgan fingerprint density at radius 3 is 2.86 bits per heavy atom. The zero-order valence-electron chi connectivity index (χ0n) is 16.6. The summed E-state index contributed by atoms with van der Waals surface area (Å²) in [5, 5.41) is 0.746. The highest BCUT2D eigenvalue weighted by molar-refractivity contribution is 7.16. The molecule has 0 unspecified atom stereocenters. The highest BCUT2D eigenvalue weighted by Crippen LogP contribution is 2.36. The van der Waals surface area contributed by atoms with Crippen molar-refractivity contribution in [3.63, 3.8) is 0 Å². The first kappa shape index (κ1) is 19.6. The van der Waals surface area contributed by atoms with Crippen LogP contribution in [0.3, 0.4) is 0 Å². The van der Waals surface area contributed by atoms with E-state index in [1.165, 1.54) is 18.2 Å². The Balaban J connectivity index is 1.62. The Morgan fingerprint density at radius 2 is 2.10 bits per heavy atom. The minimum absolute atomic E-state index is 0.0441. The summed E-state index contributed by atoms with van der Waals surface area (Å²) in [6, 6.07) is 7.60. The van der Waals surface area contributed by atoms with Crippen LogP contribution < -0.4 is 4.90 Å². The molecule has 0 N–H and O–H groups in total. The van der Waals surface area contributed by atoms with E-state index in [9.17, 15) is 9.59 Å². The number of hydrogen-bond donors (Lipinski definition) is 0. The minimum Gasteiger partial charge on any atom is -0.311 e. The molecule has 1 aromatic carbocycles. The number of benzene rings is 1. The maximum Gasteiger partial charge on any atom is 0.231 e. The van der Waals surface area contributed by atoms with Crippen molar-refractivity contribution in [2.45, 2.75) is 45.1 Å². The maximum atomic E-state index is 13.4. The fraction of sp³-hybridized carbons (Fsp3) is 0.348. The van der Waals surface area contributed by atoms with Gasteiger partial charge in [-0.1, -0.05) is 30.3 Å². The second-order valence-corrected chi connectivity index (χ2v) is 8.52. The van der Waals surface area contributed by atoms with Crippen LogP contribution >= 0.6 is 11.3 Å². The molecule has 0 radical (unpaired) electrons. The highest BCUT2D eigenvalue weighted by Gasteiger charge is 2.31. The molecule has 0 saturated heterocycles. The molecular formula is C23H25N3O2S. The fourth-order valence-electron chi connectivity index (χ4n) is 4.06. The van der Waals surface area contributed by atoms with Gasteiger partial charge in [0, 0.05) is 24.5 Å². The van der Waals surface area contributed by atoms with Crippen LogP contribution in [0.25, 0.3) is 6.08 Å². The van der Waals surface area contributed by atoms with Crippen LogP contribution in [-0.2, 0) is 22.4 Å². The van der Waals surface area contributed by atoms with E-state index in [1.54, 1.807) is 33.4 Å². The molecule has 1 aromatic heterocycles. The van der Waals surface area contributed by atoms with Crippen molar-refractivity contribution in [1.82, 2.24) is 9.88 Å². The molecule has 1 atom stereocenters. The summed E-state index contributed by atoms with van der Waals surface area (Å²) in [6.45, 7) is 5.77. The topological polar surface area (TPSA) is 53.5 Å². The first-order valence-corrected chi connectivity index (χ1v) is 10.9. The average molecular weight is 408 g/mol. The van der Waals surface area contributed by atoms with E-state index in [4.69, 9.17) is 4.98 Å². The second kappa shape index (κ2) is 8.33. The standard InChI is InChI=1S/C23H25N3O2S/c1-3-13-26(23-24-19-10-6-7-11-21(19)29-23)22(28)15-20-18-9-5-4-8-17(18)12-14-25(20)16(2)27/h3-5,8-9,12,14,20H,1,6-7,10-11,13,15H2,2H3/t20-/m0/s1. The highest BCUT2D eigenvalue weighted by atomic mass is 32.1. The third-order valence-electron chi connectivity index (χ3n) is 5.52. The van der Waals surface area contributed by atoms with Gasteiger partial charge in [-0.25, -0.2) is 4.98 Å². The van der Waals surface area contributed by atoms with E-state index >= 15 is 0 Å². The number of carbonyl (C=O) groups is 2. The molecule has 0 bridgehead atoms. The summed E-state index contributed by atoms with van der Waals surface area (Å²) < 4.78 is 0. The summed E-state index contributed by atoms with van der Waals surface area (Å²) in [5.74, 6) is -0.120. The molecule has 5 nitrogen and oxygen atoms in total. The smallest absolute Gasteiger partial charge is 0.231 e. The van der Waals surface area contributed by atoms with Crippen molar-refractivity contribution < 1.29 is 9.59 Å². The van der Waals surface area contributed by atoms with E-state index in [0.29, 0.717) is 6.54 Å². The van der Waals surface area contributed by atoms with E-state index in [0.717, 1.165) is 41.2 Å². The van der Waals surface area contributed by atoms with E-state index in [-0.39, 0.29) is 24.3 Å². The fourth-order valence-corrected chi connectivity index (χ4v) is 5.23. The van der Waals surface area contributed by atoms with Gasteiger partial charge in [0.2, 0.25) is 11.8 Å². The Kier molecular flexibility index (Phi) is 5.62. The number of hydrogen-bond acceptors (Lipinski definition) is 4. The molecule has 1 aliphatic heterocycles. The summed E-state index contributed by atoms with van der Waals surface area (Å²) in [4.78, 5) is 35.0. The Bertz CT molecular complexity index is 955. The molecular weight excluding hydrogens is 382 g/mol. The number of thiazole rings is 1. The number of anilines is 1. The predicted molar refractivity (Wildman–Crippen MR) is 117 cm³/mol. The summed E-state index contributed by atoms with van der Waals surface area (Å²) in [6.07, 6.45) is 10.0. The number of nitrogens with zero attached hydrogens (tertiary/aromatic N) is 3. The van der Waals surface area contributed by atoms with Crippen molar-refractivity contribution in [3.8, 4) is 0 Å². The summed E-state index contributed by atoms with van der Waals surface area (Å²) in [7, 11) is 0. The van der Waals surface area contributed by atoms with Gasteiger partial charge >= 0.3 is 0 Å². The van der Waals surface area contributed by atoms with Gasteiger partial charge < -0.3 is 4.90 Å². The Morgan fingerprint density at radius 1 is 1.31 bits per heavy atom. The molecule has 150 valence electrons. The molecule has 2 aromatic rings. The third kappa shape index (κ3) is 3.90. The van der Waals surface area contributed by atoms with Crippen molar-refractivity contribution in [3.05, 3.63) is 64.8 Å². The largest absolute Gasteiger partial charge is 0.311 e. The first-order chi connectivity index (χ1) is 14.1. The number of aryl methyl sites for hydroxylation is 2. The van der Waals surface area contributed by atoms with Gasteiger partial charge in [0.25, 0.3) is 0 Å². The van der Waals surface area contributed by atoms with Crippen LogP contribution in [0.1, 0.15) is 53.9 Å².